The second kappa shape index (κ2) is 8.25. The van der Waals surface area contributed by atoms with E-state index in [1.54, 1.807) is 12.1 Å². The van der Waals surface area contributed by atoms with Crippen molar-refractivity contribution in [3.8, 4) is 0 Å². The highest BCUT2D eigenvalue weighted by molar-refractivity contribution is 5.55. The minimum Gasteiger partial charge on any atom is -0.369 e. The second-order valence-electron chi connectivity index (χ2n) is 6.02. The molecule has 0 aliphatic rings. The number of nitrogens with zero attached hydrogens (tertiary/aromatic N) is 1. The van der Waals surface area contributed by atoms with Gasteiger partial charge in [-0.1, -0.05) is 39.3 Å². The summed E-state index contributed by atoms with van der Waals surface area (Å²) in [5.41, 5.74) is 1.78. The van der Waals surface area contributed by atoms with Crippen molar-refractivity contribution < 1.29 is 4.39 Å². The zero-order valence-corrected chi connectivity index (χ0v) is 13.5. The van der Waals surface area contributed by atoms with Gasteiger partial charge >= 0.3 is 0 Å². The number of benzene rings is 1. The van der Waals surface area contributed by atoms with E-state index in [-0.39, 0.29) is 5.82 Å². The van der Waals surface area contributed by atoms with E-state index in [1.807, 2.05) is 13.1 Å². The van der Waals surface area contributed by atoms with Crippen LogP contribution >= 0.6 is 0 Å². The lowest BCUT2D eigenvalue weighted by atomic mass is 10.1. The van der Waals surface area contributed by atoms with E-state index < -0.39 is 0 Å². The number of halogens is 1. The predicted octanol–water partition coefficient (Wildman–Crippen LogP) is 4.20. The van der Waals surface area contributed by atoms with Crippen molar-refractivity contribution in [1.29, 1.82) is 0 Å². The summed E-state index contributed by atoms with van der Waals surface area (Å²) in [5.74, 6) is 0.475. The molecule has 0 bridgehead atoms. The Morgan fingerprint density at radius 2 is 1.95 bits per heavy atom. The van der Waals surface area contributed by atoms with Gasteiger partial charge in [-0.15, -0.1) is 0 Å². The topological polar surface area (TPSA) is 15.3 Å². The van der Waals surface area contributed by atoms with Crippen molar-refractivity contribution in [3.05, 3.63) is 29.6 Å². The van der Waals surface area contributed by atoms with E-state index in [1.165, 1.54) is 0 Å². The van der Waals surface area contributed by atoms with Gasteiger partial charge < -0.3 is 10.2 Å². The van der Waals surface area contributed by atoms with Crippen molar-refractivity contribution in [2.24, 2.45) is 5.92 Å². The zero-order valence-electron chi connectivity index (χ0n) is 13.5. The maximum Gasteiger partial charge on any atom is 0.146 e. The average molecular weight is 280 g/mol. The third-order valence-corrected chi connectivity index (χ3v) is 3.66. The van der Waals surface area contributed by atoms with E-state index in [0.29, 0.717) is 18.5 Å². The van der Waals surface area contributed by atoms with Crippen LogP contribution in [0, 0.1) is 11.7 Å². The van der Waals surface area contributed by atoms with Gasteiger partial charge in [0.05, 0.1) is 5.69 Å². The Bertz CT molecular complexity index is 404. The fourth-order valence-corrected chi connectivity index (χ4v) is 2.42. The molecule has 3 heteroatoms. The minimum absolute atomic E-state index is 0.126. The SMILES string of the molecule is CCCC(C)N(C)c1c(F)cccc1CNCC(C)C. The molecule has 1 atom stereocenters. The molecule has 1 N–H and O–H groups in total. The molecule has 0 amide bonds. The maximum atomic E-state index is 14.2. The van der Waals surface area contributed by atoms with Crippen LogP contribution in [0.4, 0.5) is 10.1 Å². The Hall–Kier alpha value is -1.09. The summed E-state index contributed by atoms with van der Waals surface area (Å²) in [6, 6.07) is 5.71. The van der Waals surface area contributed by atoms with E-state index in [9.17, 15) is 4.39 Å². The molecule has 1 rings (SSSR count). The van der Waals surface area contributed by atoms with Gasteiger partial charge in [0.2, 0.25) is 0 Å². The summed E-state index contributed by atoms with van der Waals surface area (Å²) >= 11 is 0. The Kier molecular flexibility index (Phi) is 7.00. The summed E-state index contributed by atoms with van der Waals surface area (Å²) in [7, 11) is 1.99. The Morgan fingerprint density at radius 3 is 2.55 bits per heavy atom. The molecule has 0 aliphatic carbocycles. The molecular weight excluding hydrogens is 251 g/mol. The van der Waals surface area contributed by atoms with Crippen molar-refractivity contribution >= 4 is 5.69 Å². The molecule has 20 heavy (non-hydrogen) atoms. The number of nitrogens with one attached hydrogen (secondary N) is 1. The third kappa shape index (κ3) is 4.78. The lowest BCUT2D eigenvalue weighted by Crippen LogP contribution is -2.31. The molecule has 0 aliphatic heterocycles. The van der Waals surface area contributed by atoms with Gasteiger partial charge in [0, 0.05) is 19.6 Å². The number of hydrogen-bond donors (Lipinski definition) is 1. The van der Waals surface area contributed by atoms with Gasteiger partial charge in [-0.2, -0.15) is 0 Å². The summed E-state index contributed by atoms with van der Waals surface area (Å²) in [6.07, 6.45) is 2.19. The molecule has 0 fully saturated rings. The highest BCUT2D eigenvalue weighted by Gasteiger charge is 2.17. The van der Waals surface area contributed by atoms with E-state index in [4.69, 9.17) is 0 Å². The van der Waals surface area contributed by atoms with Crippen LogP contribution in [-0.2, 0) is 6.54 Å². The van der Waals surface area contributed by atoms with Gasteiger partial charge in [0.1, 0.15) is 5.82 Å². The fraction of sp³-hybridized carbons (Fsp3) is 0.647. The summed E-state index contributed by atoms with van der Waals surface area (Å²) in [6.45, 7) is 10.3. The zero-order chi connectivity index (χ0) is 15.1. The van der Waals surface area contributed by atoms with Gasteiger partial charge in [-0.05, 0) is 37.4 Å². The van der Waals surface area contributed by atoms with Crippen LogP contribution in [-0.4, -0.2) is 19.6 Å². The summed E-state index contributed by atoms with van der Waals surface area (Å²) < 4.78 is 14.2. The van der Waals surface area contributed by atoms with E-state index >= 15 is 0 Å². The molecule has 0 aromatic heterocycles. The molecule has 0 saturated carbocycles. The van der Waals surface area contributed by atoms with E-state index in [2.05, 4.69) is 37.9 Å². The molecule has 1 unspecified atom stereocenters. The molecule has 1 aromatic rings. The highest BCUT2D eigenvalue weighted by Crippen LogP contribution is 2.26. The standard InChI is InChI=1S/C17H29FN2/c1-6-8-14(4)20(5)17-15(9-7-10-16(17)18)12-19-11-13(2)3/h7,9-10,13-14,19H,6,8,11-12H2,1-5H3. The van der Waals surface area contributed by atoms with Crippen molar-refractivity contribution in [2.75, 3.05) is 18.5 Å². The Labute approximate surface area is 123 Å². The molecule has 0 spiro atoms. The smallest absolute Gasteiger partial charge is 0.146 e. The van der Waals surface area contributed by atoms with Crippen molar-refractivity contribution in [3.63, 3.8) is 0 Å². The van der Waals surface area contributed by atoms with Gasteiger partial charge in [0.25, 0.3) is 0 Å². The van der Waals surface area contributed by atoms with Gasteiger partial charge in [-0.25, -0.2) is 4.39 Å². The number of rotatable bonds is 8. The summed E-state index contributed by atoms with van der Waals surface area (Å²) in [4.78, 5) is 2.07. The molecular formula is C17H29FN2. The molecule has 0 radical (unpaired) electrons. The van der Waals surface area contributed by atoms with Crippen LogP contribution in [0.3, 0.4) is 0 Å². The lowest BCUT2D eigenvalue weighted by molar-refractivity contribution is 0.544. The highest BCUT2D eigenvalue weighted by atomic mass is 19.1. The first kappa shape index (κ1) is 17.0. The Morgan fingerprint density at radius 1 is 1.25 bits per heavy atom. The van der Waals surface area contributed by atoms with Crippen LogP contribution in [0.5, 0.6) is 0 Å². The molecule has 1 aromatic carbocycles. The van der Waals surface area contributed by atoms with Crippen molar-refractivity contribution in [2.45, 2.75) is 53.1 Å². The normalized spacial score (nSPS) is 12.8. The second-order valence-corrected chi connectivity index (χ2v) is 6.02. The number of para-hydroxylation sites is 1. The fourth-order valence-electron chi connectivity index (χ4n) is 2.42. The predicted molar refractivity (Wildman–Crippen MR) is 85.7 cm³/mol. The van der Waals surface area contributed by atoms with E-state index in [0.717, 1.165) is 30.6 Å². The largest absolute Gasteiger partial charge is 0.369 e. The third-order valence-electron chi connectivity index (χ3n) is 3.66. The molecule has 0 saturated heterocycles. The first-order valence-electron chi connectivity index (χ1n) is 7.68. The monoisotopic (exact) mass is 280 g/mol. The first-order chi connectivity index (χ1) is 9.47. The minimum atomic E-state index is -0.126. The van der Waals surface area contributed by atoms with Crippen LogP contribution < -0.4 is 10.2 Å². The van der Waals surface area contributed by atoms with Crippen LogP contribution in [0.25, 0.3) is 0 Å². The maximum absolute atomic E-state index is 14.2. The van der Waals surface area contributed by atoms with Crippen LogP contribution in [0.2, 0.25) is 0 Å². The van der Waals surface area contributed by atoms with Crippen LogP contribution in [0.15, 0.2) is 18.2 Å². The number of hydrogen-bond acceptors (Lipinski definition) is 2. The first-order valence-corrected chi connectivity index (χ1v) is 7.68. The quantitative estimate of drug-likeness (QED) is 0.768. The van der Waals surface area contributed by atoms with Gasteiger partial charge in [-0.3, -0.25) is 0 Å². The molecule has 2 nitrogen and oxygen atoms in total. The van der Waals surface area contributed by atoms with Crippen LogP contribution in [0.1, 0.15) is 46.1 Å². The average Bonchev–Trinajstić information content (AvgIpc) is 2.38. The van der Waals surface area contributed by atoms with Crippen molar-refractivity contribution in [1.82, 2.24) is 5.32 Å². The van der Waals surface area contributed by atoms with Gasteiger partial charge in [0.15, 0.2) is 0 Å². The lowest BCUT2D eigenvalue weighted by Gasteiger charge is -2.29. The molecule has 114 valence electrons. The number of anilines is 1. The molecule has 0 heterocycles. The summed E-state index contributed by atoms with van der Waals surface area (Å²) in [5, 5.41) is 3.40. The Balaban J connectivity index is 2.87.